The number of aromatic nitrogens is 3. The summed E-state index contributed by atoms with van der Waals surface area (Å²) in [6.07, 6.45) is 3.52. The van der Waals surface area contributed by atoms with Gasteiger partial charge in [-0.2, -0.15) is 0 Å². The molecule has 166 valence electrons. The van der Waals surface area contributed by atoms with Gasteiger partial charge in [0, 0.05) is 49.6 Å². The average Bonchev–Trinajstić information content (AvgIpc) is 2.85. The molecule has 0 aliphatic carbocycles. The van der Waals surface area contributed by atoms with Crippen LogP contribution in [0, 0.1) is 12.7 Å². The monoisotopic (exact) mass is 442 g/mol. The number of halogens is 1. The second kappa shape index (κ2) is 8.82. The number of hydrogen-bond acceptors (Lipinski definition) is 6. The molecule has 1 amide bonds. The molecule has 3 heterocycles. The fourth-order valence-corrected chi connectivity index (χ4v) is 4.05. The van der Waals surface area contributed by atoms with Crippen molar-refractivity contribution in [3.63, 3.8) is 0 Å². The Morgan fingerprint density at radius 3 is 2.42 bits per heavy atom. The summed E-state index contributed by atoms with van der Waals surface area (Å²) in [5, 5.41) is 3.73. The van der Waals surface area contributed by atoms with Gasteiger partial charge in [-0.25, -0.2) is 19.3 Å². The number of carbonyl (C=O) groups excluding carboxylic acids is 1. The molecule has 1 aliphatic heterocycles. The van der Waals surface area contributed by atoms with Crippen LogP contribution in [-0.2, 0) is 0 Å². The van der Waals surface area contributed by atoms with Gasteiger partial charge in [-0.15, -0.1) is 0 Å². The van der Waals surface area contributed by atoms with Gasteiger partial charge >= 0.3 is 0 Å². The van der Waals surface area contributed by atoms with Crippen molar-refractivity contribution in [2.24, 2.45) is 0 Å². The Labute approximate surface area is 190 Å². The van der Waals surface area contributed by atoms with E-state index in [2.05, 4.69) is 31.2 Å². The lowest BCUT2D eigenvalue weighted by molar-refractivity contribution is 0.102. The SMILES string of the molecule is Cc1cc(N2CCN(c3ncccn3)CC2)nc2ccc(NC(=O)c3ccccc3F)cc12. The number of rotatable bonds is 4. The van der Waals surface area contributed by atoms with Gasteiger partial charge in [0.25, 0.3) is 5.91 Å². The minimum absolute atomic E-state index is 0.0165. The zero-order valence-electron chi connectivity index (χ0n) is 18.2. The summed E-state index contributed by atoms with van der Waals surface area (Å²) in [6.45, 7) is 5.33. The molecule has 0 unspecified atom stereocenters. The lowest BCUT2D eigenvalue weighted by atomic mass is 10.1. The normalized spacial score (nSPS) is 13.9. The smallest absolute Gasteiger partial charge is 0.258 e. The van der Waals surface area contributed by atoms with Crippen LogP contribution in [0.15, 0.2) is 67.0 Å². The first-order valence-electron chi connectivity index (χ1n) is 10.8. The van der Waals surface area contributed by atoms with Crippen molar-refractivity contribution < 1.29 is 9.18 Å². The molecule has 0 atom stereocenters. The number of piperazine rings is 1. The van der Waals surface area contributed by atoms with Crippen LogP contribution in [0.1, 0.15) is 15.9 Å². The van der Waals surface area contributed by atoms with E-state index in [1.54, 1.807) is 30.6 Å². The molecule has 2 aromatic carbocycles. The Morgan fingerprint density at radius 1 is 0.939 bits per heavy atom. The molecular formula is C25H23FN6O. The fraction of sp³-hybridized carbons (Fsp3) is 0.200. The van der Waals surface area contributed by atoms with Crippen LogP contribution in [0.3, 0.4) is 0 Å². The summed E-state index contributed by atoms with van der Waals surface area (Å²) >= 11 is 0. The quantitative estimate of drug-likeness (QED) is 0.514. The van der Waals surface area contributed by atoms with Gasteiger partial charge in [-0.05, 0) is 55.0 Å². The molecule has 0 saturated carbocycles. The molecule has 2 aromatic heterocycles. The van der Waals surface area contributed by atoms with E-state index in [4.69, 9.17) is 4.98 Å². The number of aryl methyl sites for hydroxylation is 1. The van der Waals surface area contributed by atoms with E-state index in [9.17, 15) is 9.18 Å². The molecule has 1 fully saturated rings. The van der Waals surface area contributed by atoms with Crippen LogP contribution in [-0.4, -0.2) is 47.0 Å². The Bertz CT molecular complexity index is 1310. The van der Waals surface area contributed by atoms with Gasteiger partial charge in [-0.1, -0.05) is 12.1 Å². The van der Waals surface area contributed by atoms with Crippen LogP contribution < -0.4 is 15.1 Å². The summed E-state index contributed by atoms with van der Waals surface area (Å²) in [5.41, 5.74) is 2.53. The van der Waals surface area contributed by atoms with Crippen molar-refractivity contribution in [2.45, 2.75) is 6.92 Å². The maximum Gasteiger partial charge on any atom is 0.258 e. The van der Waals surface area contributed by atoms with E-state index in [1.807, 2.05) is 25.1 Å². The van der Waals surface area contributed by atoms with Crippen molar-refractivity contribution in [3.05, 3.63) is 83.9 Å². The number of fused-ring (bicyclic) bond motifs is 1. The number of pyridine rings is 1. The Morgan fingerprint density at radius 2 is 1.67 bits per heavy atom. The van der Waals surface area contributed by atoms with Gasteiger partial charge in [0.1, 0.15) is 11.6 Å². The first-order valence-corrected chi connectivity index (χ1v) is 10.8. The standard InChI is InChI=1S/C25H23FN6O/c1-17-15-23(31-11-13-32(14-12-31)25-27-9-4-10-28-25)30-22-8-7-18(16-20(17)22)29-24(33)19-5-2-3-6-21(19)26/h2-10,15-16H,11-14H2,1H3,(H,29,33). The minimum atomic E-state index is -0.544. The van der Waals surface area contributed by atoms with Gasteiger partial charge in [0.15, 0.2) is 0 Å². The molecule has 1 N–H and O–H groups in total. The van der Waals surface area contributed by atoms with Crippen molar-refractivity contribution in [2.75, 3.05) is 41.3 Å². The Hall–Kier alpha value is -4.07. The molecule has 0 spiro atoms. The van der Waals surface area contributed by atoms with Crippen LogP contribution >= 0.6 is 0 Å². The summed E-state index contributed by atoms with van der Waals surface area (Å²) in [7, 11) is 0. The Balaban J connectivity index is 1.32. The van der Waals surface area contributed by atoms with Crippen LogP contribution in [0.2, 0.25) is 0 Å². The van der Waals surface area contributed by atoms with E-state index >= 15 is 0 Å². The van der Waals surface area contributed by atoms with Crippen LogP contribution in [0.5, 0.6) is 0 Å². The first kappa shape index (κ1) is 20.8. The maximum atomic E-state index is 13.9. The molecule has 8 heteroatoms. The molecule has 1 aliphatic rings. The third kappa shape index (κ3) is 4.32. The van der Waals surface area contributed by atoms with E-state index in [0.29, 0.717) is 5.69 Å². The van der Waals surface area contributed by atoms with E-state index in [-0.39, 0.29) is 5.56 Å². The second-order valence-electron chi connectivity index (χ2n) is 7.99. The van der Waals surface area contributed by atoms with Gasteiger partial charge in [0.2, 0.25) is 5.95 Å². The molecule has 5 rings (SSSR count). The topological polar surface area (TPSA) is 74.2 Å². The minimum Gasteiger partial charge on any atom is -0.353 e. The predicted octanol–water partition coefficient (Wildman–Crippen LogP) is 4.05. The Kier molecular flexibility index (Phi) is 5.56. The summed E-state index contributed by atoms with van der Waals surface area (Å²) in [6, 6.07) is 15.4. The first-order chi connectivity index (χ1) is 16.1. The van der Waals surface area contributed by atoms with E-state index in [1.165, 1.54) is 12.1 Å². The molecule has 33 heavy (non-hydrogen) atoms. The maximum absolute atomic E-state index is 13.9. The molecule has 7 nitrogen and oxygen atoms in total. The van der Waals surface area contributed by atoms with Crippen LogP contribution in [0.4, 0.5) is 21.8 Å². The van der Waals surface area contributed by atoms with Crippen molar-refractivity contribution in [3.8, 4) is 0 Å². The van der Waals surface area contributed by atoms with Crippen molar-refractivity contribution >= 4 is 34.3 Å². The van der Waals surface area contributed by atoms with Gasteiger partial charge < -0.3 is 15.1 Å². The number of anilines is 3. The lowest BCUT2D eigenvalue weighted by Gasteiger charge is -2.35. The van der Waals surface area contributed by atoms with E-state index < -0.39 is 11.7 Å². The second-order valence-corrected chi connectivity index (χ2v) is 7.99. The summed E-state index contributed by atoms with van der Waals surface area (Å²) in [5.74, 6) is 0.661. The van der Waals surface area contributed by atoms with Crippen molar-refractivity contribution in [1.29, 1.82) is 0 Å². The number of carbonyl (C=O) groups is 1. The zero-order valence-corrected chi connectivity index (χ0v) is 18.2. The number of amides is 1. The highest BCUT2D eigenvalue weighted by Gasteiger charge is 2.20. The summed E-state index contributed by atoms with van der Waals surface area (Å²) in [4.78, 5) is 30.4. The number of hydrogen-bond donors (Lipinski definition) is 1. The van der Waals surface area contributed by atoms with Gasteiger partial charge in [0.05, 0.1) is 11.1 Å². The highest BCUT2D eigenvalue weighted by atomic mass is 19.1. The fourth-order valence-electron chi connectivity index (χ4n) is 4.05. The largest absolute Gasteiger partial charge is 0.353 e. The zero-order chi connectivity index (χ0) is 22.8. The highest BCUT2D eigenvalue weighted by molar-refractivity contribution is 6.05. The molecular weight excluding hydrogens is 419 g/mol. The van der Waals surface area contributed by atoms with E-state index in [0.717, 1.165) is 54.4 Å². The summed E-state index contributed by atoms with van der Waals surface area (Å²) < 4.78 is 13.9. The molecule has 0 bridgehead atoms. The third-order valence-electron chi connectivity index (χ3n) is 5.82. The number of nitrogens with zero attached hydrogens (tertiary/aromatic N) is 5. The molecule has 1 saturated heterocycles. The average molecular weight is 442 g/mol. The van der Waals surface area contributed by atoms with Gasteiger partial charge in [-0.3, -0.25) is 4.79 Å². The predicted molar refractivity (Wildman–Crippen MR) is 127 cm³/mol. The number of nitrogens with one attached hydrogen (secondary N) is 1. The number of benzene rings is 2. The molecule has 4 aromatic rings. The third-order valence-corrected chi connectivity index (χ3v) is 5.82. The van der Waals surface area contributed by atoms with Crippen LogP contribution in [0.25, 0.3) is 10.9 Å². The lowest BCUT2D eigenvalue weighted by Crippen LogP contribution is -2.47. The van der Waals surface area contributed by atoms with Crippen molar-refractivity contribution in [1.82, 2.24) is 15.0 Å². The highest BCUT2D eigenvalue weighted by Crippen LogP contribution is 2.26. The molecule has 0 radical (unpaired) electrons.